The predicted octanol–water partition coefficient (Wildman–Crippen LogP) is 2.07. The summed E-state index contributed by atoms with van der Waals surface area (Å²) >= 11 is 0. The summed E-state index contributed by atoms with van der Waals surface area (Å²) in [6.45, 7) is 1.84. The van der Waals surface area contributed by atoms with E-state index in [1.54, 1.807) is 17.0 Å². The van der Waals surface area contributed by atoms with Gasteiger partial charge >= 0.3 is 5.97 Å². The molecule has 3 rings (SSSR count). The monoisotopic (exact) mass is 275 g/mol. The molecule has 0 aromatic carbocycles. The van der Waals surface area contributed by atoms with E-state index in [9.17, 15) is 14.7 Å². The van der Waals surface area contributed by atoms with Crippen LogP contribution in [0.4, 0.5) is 0 Å². The topological polar surface area (TPSA) is 70.8 Å². The number of aryl methyl sites for hydroxylation is 1. The summed E-state index contributed by atoms with van der Waals surface area (Å²) in [5.74, 6) is 0.120. The van der Waals surface area contributed by atoms with Crippen molar-refractivity contribution in [1.82, 2.24) is 4.90 Å². The molecule has 1 aromatic rings. The van der Waals surface area contributed by atoms with E-state index in [1.807, 2.05) is 13.0 Å². The number of carbonyl (C=O) groups is 2. The Hall–Kier alpha value is -2.04. The molecule has 1 N–H and O–H groups in total. The van der Waals surface area contributed by atoms with Gasteiger partial charge in [-0.05, 0) is 44.4 Å². The lowest BCUT2D eigenvalue weighted by Crippen LogP contribution is -2.36. The number of amides is 1. The van der Waals surface area contributed by atoms with Crippen LogP contribution in [0.3, 0.4) is 0 Å². The highest BCUT2D eigenvalue weighted by atomic mass is 16.4. The zero-order valence-corrected chi connectivity index (χ0v) is 11.3. The van der Waals surface area contributed by atoms with E-state index in [4.69, 9.17) is 4.42 Å². The molecule has 3 unspecified atom stereocenters. The molecule has 20 heavy (non-hydrogen) atoms. The van der Waals surface area contributed by atoms with E-state index < -0.39 is 11.9 Å². The van der Waals surface area contributed by atoms with Crippen molar-refractivity contribution in [1.29, 1.82) is 0 Å². The van der Waals surface area contributed by atoms with Gasteiger partial charge in [-0.15, -0.1) is 0 Å². The van der Waals surface area contributed by atoms with Crippen LogP contribution in [0.25, 0.3) is 6.08 Å². The van der Waals surface area contributed by atoms with Crippen LogP contribution in [-0.2, 0) is 9.59 Å². The molecule has 5 heteroatoms. The maximum absolute atomic E-state index is 12.3. The molecule has 2 saturated heterocycles. The highest BCUT2D eigenvalue weighted by molar-refractivity contribution is 5.93. The van der Waals surface area contributed by atoms with Gasteiger partial charge in [-0.3, -0.25) is 9.59 Å². The number of carboxylic acids is 1. The fourth-order valence-electron chi connectivity index (χ4n) is 3.38. The van der Waals surface area contributed by atoms with Crippen molar-refractivity contribution >= 4 is 18.0 Å². The molecular weight excluding hydrogens is 258 g/mol. The number of carbonyl (C=O) groups excluding carboxylic acids is 1. The average Bonchev–Trinajstić information content (AvgIpc) is 3.09. The summed E-state index contributed by atoms with van der Waals surface area (Å²) in [6.07, 6.45) is 5.41. The van der Waals surface area contributed by atoms with E-state index in [2.05, 4.69) is 0 Å². The summed E-state index contributed by atoms with van der Waals surface area (Å²) in [7, 11) is 0. The number of carboxylic acid groups (broad SMARTS) is 1. The number of rotatable bonds is 3. The SMILES string of the molecule is Cc1ccc(C=CC(=O)N2C3CCC2C(C(=O)O)C3)o1. The molecular formula is C15H17NO4. The Morgan fingerprint density at radius 3 is 2.80 bits per heavy atom. The summed E-state index contributed by atoms with van der Waals surface area (Å²) in [6, 6.07) is 3.58. The van der Waals surface area contributed by atoms with Gasteiger partial charge in [-0.25, -0.2) is 0 Å². The minimum Gasteiger partial charge on any atom is -0.481 e. The van der Waals surface area contributed by atoms with Crippen molar-refractivity contribution < 1.29 is 19.1 Å². The Bertz CT molecular complexity index is 574. The molecule has 1 aromatic heterocycles. The van der Waals surface area contributed by atoms with Crippen LogP contribution < -0.4 is 0 Å². The lowest BCUT2D eigenvalue weighted by atomic mass is 9.89. The third-order valence-corrected chi connectivity index (χ3v) is 4.26. The third kappa shape index (κ3) is 2.13. The number of fused-ring (bicyclic) bond motifs is 2. The van der Waals surface area contributed by atoms with Crippen LogP contribution in [0.2, 0.25) is 0 Å². The van der Waals surface area contributed by atoms with Crippen molar-refractivity contribution in [3.63, 3.8) is 0 Å². The van der Waals surface area contributed by atoms with Gasteiger partial charge < -0.3 is 14.4 Å². The average molecular weight is 275 g/mol. The Kier molecular flexibility index (Phi) is 3.12. The first-order valence-electron chi connectivity index (χ1n) is 6.86. The van der Waals surface area contributed by atoms with Gasteiger partial charge in [0.05, 0.1) is 5.92 Å². The van der Waals surface area contributed by atoms with Crippen molar-refractivity contribution in [3.8, 4) is 0 Å². The van der Waals surface area contributed by atoms with Crippen molar-refractivity contribution in [2.75, 3.05) is 0 Å². The second-order valence-corrected chi connectivity index (χ2v) is 5.51. The number of furan rings is 1. The second kappa shape index (κ2) is 4.81. The number of hydrogen-bond acceptors (Lipinski definition) is 3. The highest BCUT2D eigenvalue weighted by Gasteiger charge is 2.50. The Morgan fingerprint density at radius 1 is 1.40 bits per heavy atom. The van der Waals surface area contributed by atoms with E-state index in [0.717, 1.165) is 18.6 Å². The van der Waals surface area contributed by atoms with Gasteiger partial charge in [0, 0.05) is 18.2 Å². The smallest absolute Gasteiger partial charge is 0.308 e. The van der Waals surface area contributed by atoms with Crippen molar-refractivity contribution in [2.24, 2.45) is 5.92 Å². The van der Waals surface area contributed by atoms with Gasteiger partial charge in [0.2, 0.25) is 5.91 Å². The van der Waals surface area contributed by atoms with E-state index in [0.29, 0.717) is 12.2 Å². The van der Waals surface area contributed by atoms with Crippen LogP contribution in [0.15, 0.2) is 22.6 Å². The van der Waals surface area contributed by atoms with Gasteiger partial charge in [-0.2, -0.15) is 0 Å². The minimum absolute atomic E-state index is 0.0802. The molecule has 0 radical (unpaired) electrons. The van der Waals surface area contributed by atoms with E-state index in [1.165, 1.54) is 6.08 Å². The van der Waals surface area contributed by atoms with Crippen LogP contribution in [0, 0.1) is 12.8 Å². The van der Waals surface area contributed by atoms with E-state index >= 15 is 0 Å². The first kappa shape index (κ1) is 13.0. The molecule has 3 atom stereocenters. The second-order valence-electron chi connectivity index (χ2n) is 5.51. The fraction of sp³-hybridized carbons (Fsp3) is 0.467. The Morgan fingerprint density at radius 2 is 2.20 bits per heavy atom. The molecule has 3 heterocycles. The quantitative estimate of drug-likeness (QED) is 0.857. The molecule has 2 aliphatic rings. The lowest BCUT2D eigenvalue weighted by Gasteiger charge is -2.21. The maximum atomic E-state index is 12.3. The molecule has 2 aliphatic heterocycles. The van der Waals surface area contributed by atoms with Gasteiger partial charge in [0.1, 0.15) is 11.5 Å². The van der Waals surface area contributed by atoms with Crippen molar-refractivity contribution in [2.45, 2.75) is 38.3 Å². The summed E-state index contributed by atoms with van der Waals surface area (Å²) in [5.41, 5.74) is 0. The molecule has 106 valence electrons. The highest BCUT2D eigenvalue weighted by Crippen LogP contribution is 2.41. The molecule has 0 saturated carbocycles. The normalized spacial score (nSPS) is 28.4. The number of hydrogen-bond donors (Lipinski definition) is 1. The van der Waals surface area contributed by atoms with Crippen molar-refractivity contribution in [3.05, 3.63) is 29.7 Å². The number of nitrogens with zero attached hydrogens (tertiary/aromatic N) is 1. The minimum atomic E-state index is -0.791. The zero-order valence-electron chi connectivity index (χ0n) is 11.3. The number of aliphatic carboxylic acids is 1. The maximum Gasteiger partial charge on any atom is 0.308 e. The summed E-state index contributed by atoms with van der Waals surface area (Å²) < 4.78 is 5.37. The molecule has 0 spiro atoms. The van der Waals surface area contributed by atoms with Gasteiger partial charge in [0.25, 0.3) is 0 Å². The van der Waals surface area contributed by atoms with Gasteiger partial charge in [-0.1, -0.05) is 0 Å². The van der Waals surface area contributed by atoms with E-state index in [-0.39, 0.29) is 18.0 Å². The van der Waals surface area contributed by atoms with Crippen LogP contribution in [0.1, 0.15) is 30.8 Å². The first-order chi connectivity index (χ1) is 9.56. The Labute approximate surface area is 116 Å². The zero-order chi connectivity index (χ0) is 14.3. The van der Waals surface area contributed by atoms with Crippen LogP contribution >= 0.6 is 0 Å². The Balaban J connectivity index is 1.72. The molecule has 0 aliphatic carbocycles. The van der Waals surface area contributed by atoms with Crippen LogP contribution in [0.5, 0.6) is 0 Å². The molecule has 2 bridgehead atoms. The molecule has 5 nitrogen and oxygen atoms in total. The standard InChI is InChI=1S/C15H17NO4/c1-9-2-4-11(20-9)5-7-14(17)16-10-3-6-13(16)12(8-10)15(18)19/h2,4-5,7,10,12-13H,3,6,8H2,1H3,(H,18,19). The fourth-order valence-corrected chi connectivity index (χ4v) is 3.38. The van der Waals surface area contributed by atoms with Crippen LogP contribution in [-0.4, -0.2) is 34.0 Å². The summed E-state index contributed by atoms with van der Waals surface area (Å²) in [5, 5.41) is 9.17. The van der Waals surface area contributed by atoms with Gasteiger partial charge in [0.15, 0.2) is 0 Å². The lowest BCUT2D eigenvalue weighted by molar-refractivity contribution is -0.143. The predicted molar refractivity (Wildman–Crippen MR) is 71.9 cm³/mol. The summed E-state index contributed by atoms with van der Waals surface area (Å²) in [4.78, 5) is 25.2. The first-order valence-corrected chi connectivity index (χ1v) is 6.86. The molecule has 1 amide bonds. The largest absolute Gasteiger partial charge is 0.481 e. The molecule has 2 fully saturated rings. The third-order valence-electron chi connectivity index (χ3n) is 4.26.